The molecule has 2 aromatic carbocycles. The molecular formula is C22H24N2O4. The molecule has 0 unspecified atom stereocenters. The number of nitrogens with one attached hydrogen (secondary N) is 1. The zero-order valence-electron chi connectivity index (χ0n) is 15.9. The Labute approximate surface area is 163 Å². The predicted molar refractivity (Wildman–Crippen MR) is 109 cm³/mol. The molecule has 1 heterocycles. The van der Waals surface area contributed by atoms with Gasteiger partial charge in [0.2, 0.25) is 0 Å². The van der Waals surface area contributed by atoms with Crippen LogP contribution in [0.1, 0.15) is 26.2 Å². The lowest BCUT2D eigenvalue weighted by molar-refractivity contribution is -0.149. The van der Waals surface area contributed by atoms with Crippen molar-refractivity contribution in [3.05, 3.63) is 58.8 Å². The van der Waals surface area contributed by atoms with Gasteiger partial charge in [-0.1, -0.05) is 44.0 Å². The first-order chi connectivity index (χ1) is 13.6. The molecule has 3 rings (SSSR count). The average Bonchev–Trinajstić information content (AvgIpc) is 2.73. The van der Waals surface area contributed by atoms with E-state index in [0.717, 1.165) is 19.3 Å². The highest BCUT2D eigenvalue weighted by Gasteiger charge is 2.14. The van der Waals surface area contributed by atoms with Gasteiger partial charge in [-0.3, -0.25) is 14.4 Å². The Kier molecular flexibility index (Phi) is 6.42. The number of rotatable bonds is 8. The van der Waals surface area contributed by atoms with Crippen LogP contribution in [0.5, 0.6) is 0 Å². The van der Waals surface area contributed by atoms with E-state index in [1.807, 2.05) is 12.1 Å². The number of nitrogens with zero attached hydrogens (tertiary/aromatic N) is 1. The molecule has 0 bridgehead atoms. The van der Waals surface area contributed by atoms with Gasteiger partial charge in [-0.05, 0) is 30.7 Å². The van der Waals surface area contributed by atoms with Crippen LogP contribution in [-0.2, 0) is 20.9 Å². The summed E-state index contributed by atoms with van der Waals surface area (Å²) < 4.78 is 6.90. The summed E-state index contributed by atoms with van der Waals surface area (Å²) in [5.41, 5.74) is 1.25. The number of hydrogen-bond donors (Lipinski definition) is 1. The Hall–Kier alpha value is -3.15. The third-order valence-electron chi connectivity index (χ3n) is 4.63. The zero-order valence-corrected chi connectivity index (χ0v) is 15.9. The highest BCUT2D eigenvalue weighted by molar-refractivity contribution is 5.94. The number of esters is 1. The Bertz CT molecular complexity index is 995. The van der Waals surface area contributed by atoms with Gasteiger partial charge in [0, 0.05) is 17.3 Å². The van der Waals surface area contributed by atoms with Crippen LogP contribution in [0.2, 0.25) is 0 Å². The summed E-state index contributed by atoms with van der Waals surface area (Å²) >= 11 is 0. The molecule has 1 N–H and O–H groups in total. The molecule has 6 nitrogen and oxygen atoms in total. The highest BCUT2D eigenvalue weighted by Crippen LogP contribution is 2.19. The average molecular weight is 380 g/mol. The minimum atomic E-state index is -0.525. The molecule has 0 aliphatic rings. The Morgan fingerprint density at radius 1 is 0.964 bits per heavy atom. The van der Waals surface area contributed by atoms with Gasteiger partial charge in [0.1, 0.15) is 6.54 Å². The normalized spacial score (nSPS) is 10.9. The summed E-state index contributed by atoms with van der Waals surface area (Å²) in [5.74, 6) is -0.832. The smallest absolute Gasteiger partial charge is 0.326 e. The van der Waals surface area contributed by atoms with E-state index >= 15 is 0 Å². The molecule has 6 heteroatoms. The third-order valence-corrected chi connectivity index (χ3v) is 4.63. The van der Waals surface area contributed by atoms with Crippen molar-refractivity contribution in [2.45, 2.75) is 32.7 Å². The molecule has 0 spiro atoms. The molecule has 1 amide bonds. The maximum absolute atomic E-state index is 12.7. The van der Waals surface area contributed by atoms with Crippen LogP contribution >= 0.6 is 0 Å². The summed E-state index contributed by atoms with van der Waals surface area (Å²) in [6.07, 6.45) is 3.03. The number of carbonyl (C=O) groups is 2. The number of ether oxygens (including phenoxy) is 1. The van der Waals surface area contributed by atoms with Crippen molar-refractivity contribution in [3.8, 4) is 0 Å². The van der Waals surface area contributed by atoms with Crippen LogP contribution in [0.3, 0.4) is 0 Å². The number of aromatic nitrogens is 1. The largest absolute Gasteiger partial charge is 0.454 e. The van der Waals surface area contributed by atoms with E-state index in [9.17, 15) is 14.4 Å². The molecule has 3 aromatic rings. The van der Waals surface area contributed by atoms with E-state index in [2.05, 4.69) is 12.2 Å². The molecule has 0 aliphatic carbocycles. The zero-order chi connectivity index (χ0) is 19.9. The number of pyridine rings is 1. The minimum absolute atomic E-state index is 0.0673. The first kappa shape index (κ1) is 19.6. The summed E-state index contributed by atoms with van der Waals surface area (Å²) in [6.45, 7) is 2.29. The van der Waals surface area contributed by atoms with Gasteiger partial charge in [0.15, 0.2) is 12.0 Å². The highest BCUT2D eigenvalue weighted by atomic mass is 16.5. The van der Waals surface area contributed by atoms with Crippen LogP contribution in [0.25, 0.3) is 21.8 Å². The van der Waals surface area contributed by atoms with E-state index < -0.39 is 5.97 Å². The first-order valence-electron chi connectivity index (χ1n) is 9.54. The number of benzene rings is 2. The molecule has 0 fully saturated rings. The van der Waals surface area contributed by atoms with Crippen molar-refractivity contribution in [3.63, 3.8) is 0 Å². The van der Waals surface area contributed by atoms with Crippen LogP contribution < -0.4 is 10.7 Å². The number of para-hydroxylation sites is 2. The van der Waals surface area contributed by atoms with Crippen LogP contribution in [0.15, 0.2) is 53.3 Å². The van der Waals surface area contributed by atoms with Crippen LogP contribution in [0.4, 0.5) is 0 Å². The summed E-state index contributed by atoms with van der Waals surface area (Å²) in [4.78, 5) is 36.9. The molecule has 146 valence electrons. The monoisotopic (exact) mass is 380 g/mol. The Balaban J connectivity index is 1.76. The number of carbonyl (C=O) groups excluding carboxylic acids is 2. The molecule has 0 saturated heterocycles. The quantitative estimate of drug-likeness (QED) is 0.370. The number of amides is 1. The Morgan fingerprint density at radius 3 is 2.18 bits per heavy atom. The van der Waals surface area contributed by atoms with E-state index in [1.165, 1.54) is 0 Å². The lowest BCUT2D eigenvalue weighted by Gasteiger charge is -2.14. The second kappa shape index (κ2) is 9.17. The lowest BCUT2D eigenvalue weighted by Crippen LogP contribution is -2.30. The van der Waals surface area contributed by atoms with Crippen molar-refractivity contribution >= 4 is 33.7 Å². The van der Waals surface area contributed by atoms with Crippen molar-refractivity contribution < 1.29 is 14.3 Å². The molecule has 0 aliphatic heterocycles. The SMILES string of the molecule is CCCCCNC(=O)COC(=O)Cn1c2ccccc2c(=O)c2ccccc21. The molecule has 0 radical (unpaired) electrons. The van der Waals surface area contributed by atoms with E-state index in [-0.39, 0.29) is 24.5 Å². The maximum atomic E-state index is 12.7. The van der Waals surface area contributed by atoms with Gasteiger partial charge in [-0.2, -0.15) is 0 Å². The minimum Gasteiger partial charge on any atom is -0.454 e. The number of fused-ring (bicyclic) bond motifs is 2. The van der Waals surface area contributed by atoms with Gasteiger partial charge < -0.3 is 14.6 Å². The van der Waals surface area contributed by atoms with Gasteiger partial charge in [-0.25, -0.2) is 0 Å². The van der Waals surface area contributed by atoms with Gasteiger partial charge in [0.25, 0.3) is 5.91 Å². The van der Waals surface area contributed by atoms with Crippen molar-refractivity contribution in [1.82, 2.24) is 9.88 Å². The fourth-order valence-electron chi connectivity index (χ4n) is 3.22. The summed E-state index contributed by atoms with van der Waals surface area (Å²) in [7, 11) is 0. The van der Waals surface area contributed by atoms with Crippen LogP contribution in [0, 0.1) is 0 Å². The Morgan fingerprint density at radius 2 is 1.57 bits per heavy atom. The van der Waals surface area contributed by atoms with E-state index in [4.69, 9.17) is 4.74 Å². The molecule has 28 heavy (non-hydrogen) atoms. The van der Waals surface area contributed by atoms with Gasteiger partial charge in [-0.15, -0.1) is 0 Å². The molecule has 0 saturated carbocycles. The fourth-order valence-corrected chi connectivity index (χ4v) is 3.22. The van der Waals surface area contributed by atoms with Gasteiger partial charge in [0.05, 0.1) is 11.0 Å². The number of unbranched alkanes of at least 4 members (excludes halogenated alkanes) is 2. The standard InChI is InChI=1S/C22H24N2O4/c1-2-3-8-13-23-20(25)15-28-21(26)14-24-18-11-6-4-9-16(18)22(27)17-10-5-7-12-19(17)24/h4-7,9-12H,2-3,8,13-15H2,1H3,(H,23,25). The fraction of sp³-hybridized carbons (Fsp3) is 0.318. The van der Waals surface area contributed by atoms with E-state index in [1.54, 1.807) is 41.0 Å². The van der Waals surface area contributed by atoms with Crippen LogP contribution in [-0.4, -0.2) is 29.6 Å². The number of hydrogen-bond acceptors (Lipinski definition) is 4. The predicted octanol–water partition coefficient (Wildman–Crippen LogP) is 3.00. The van der Waals surface area contributed by atoms with Crippen molar-refractivity contribution in [2.24, 2.45) is 0 Å². The first-order valence-corrected chi connectivity index (χ1v) is 9.54. The summed E-state index contributed by atoms with van der Waals surface area (Å²) in [6, 6.07) is 14.3. The maximum Gasteiger partial charge on any atom is 0.326 e. The third kappa shape index (κ3) is 4.39. The van der Waals surface area contributed by atoms with Crippen molar-refractivity contribution in [1.29, 1.82) is 0 Å². The topological polar surface area (TPSA) is 77.4 Å². The van der Waals surface area contributed by atoms with Gasteiger partial charge >= 0.3 is 5.97 Å². The second-order valence-electron chi connectivity index (χ2n) is 6.67. The summed E-state index contributed by atoms with van der Waals surface area (Å²) in [5, 5.41) is 3.83. The lowest BCUT2D eigenvalue weighted by atomic mass is 10.1. The molecule has 1 aromatic heterocycles. The van der Waals surface area contributed by atoms with Crippen molar-refractivity contribution in [2.75, 3.05) is 13.2 Å². The molecular weight excluding hydrogens is 356 g/mol. The second-order valence-corrected chi connectivity index (χ2v) is 6.67. The molecule has 0 atom stereocenters. The van der Waals surface area contributed by atoms with E-state index in [0.29, 0.717) is 28.4 Å².